The van der Waals surface area contributed by atoms with Crippen molar-refractivity contribution in [2.45, 2.75) is 25.0 Å². The Morgan fingerprint density at radius 3 is 2.55 bits per heavy atom. The molecule has 1 saturated heterocycles. The van der Waals surface area contributed by atoms with Gasteiger partial charge in [0.15, 0.2) is 0 Å². The van der Waals surface area contributed by atoms with Crippen LogP contribution in [0.1, 0.15) is 18.1 Å². The van der Waals surface area contributed by atoms with E-state index in [0.717, 1.165) is 19.2 Å². The Morgan fingerprint density at radius 1 is 1.30 bits per heavy atom. The molecule has 1 fully saturated rings. The van der Waals surface area contributed by atoms with Crippen molar-refractivity contribution in [1.82, 2.24) is 4.90 Å². The van der Waals surface area contributed by atoms with E-state index >= 15 is 0 Å². The molecule has 0 N–H and O–H groups in total. The molecule has 0 spiro atoms. The van der Waals surface area contributed by atoms with Gasteiger partial charge in [-0.2, -0.15) is 13.2 Å². The van der Waals surface area contributed by atoms with Gasteiger partial charge in [0, 0.05) is 37.2 Å². The van der Waals surface area contributed by atoms with Crippen LogP contribution in [0.2, 0.25) is 0 Å². The van der Waals surface area contributed by atoms with Gasteiger partial charge in [-0.1, -0.05) is 6.07 Å². The van der Waals surface area contributed by atoms with E-state index in [1.54, 1.807) is 12.1 Å². The lowest BCUT2D eigenvalue weighted by Gasteiger charge is -2.40. The van der Waals surface area contributed by atoms with Gasteiger partial charge in [0.1, 0.15) is 0 Å². The molecule has 2 nitrogen and oxygen atoms in total. The standard InChI is InChI=1S/C14H18ClF3N2/c1-10-9-19(2)5-6-20(10)13-4-3-11(8-15)7-12(13)14(16,17)18/h3-4,7,10H,5-6,8-9H2,1-2H3. The molecule has 1 aliphatic rings. The summed E-state index contributed by atoms with van der Waals surface area (Å²) in [4.78, 5) is 3.96. The van der Waals surface area contributed by atoms with Crippen LogP contribution in [0.3, 0.4) is 0 Å². The van der Waals surface area contributed by atoms with Crippen molar-refractivity contribution in [3.63, 3.8) is 0 Å². The predicted molar refractivity (Wildman–Crippen MR) is 75.3 cm³/mol. The normalized spacial score (nSPS) is 21.3. The lowest BCUT2D eigenvalue weighted by molar-refractivity contribution is -0.137. The molecule has 20 heavy (non-hydrogen) atoms. The van der Waals surface area contributed by atoms with Gasteiger partial charge in [-0.25, -0.2) is 0 Å². The number of hydrogen-bond acceptors (Lipinski definition) is 2. The second-order valence-electron chi connectivity index (χ2n) is 5.29. The van der Waals surface area contributed by atoms with Crippen LogP contribution in [0.25, 0.3) is 0 Å². The minimum absolute atomic E-state index is 0.0525. The third kappa shape index (κ3) is 3.20. The summed E-state index contributed by atoms with van der Waals surface area (Å²) in [7, 11) is 1.98. The molecule has 1 unspecified atom stereocenters. The Bertz CT molecular complexity index is 476. The van der Waals surface area contributed by atoms with E-state index in [2.05, 4.69) is 4.90 Å². The number of halogens is 4. The van der Waals surface area contributed by atoms with Gasteiger partial charge >= 0.3 is 6.18 Å². The molecule has 112 valence electrons. The van der Waals surface area contributed by atoms with E-state index in [0.29, 0.717) is 12.1 Å². The highest BCUT2D eigenvalue weighted by molar-refractivity contribution is 6.17. The largest absolute Gasteiger partial charge is 0.418 e. The maximum absolute atomic E-state index is 13.2. The molecule has 1 heterocycles. The number of anilines is 1. The molecule has 0 aromatic heterocycles. The Kier molecular flexibility index (Phi) is 4.49. The van der Waals surface area contributed by atoms with Crippen LogP contribution < -0.4 is 4.90 Å². The van der Waals surface area contributed by atoms with Crippen molar-refractivity contribution in [2.24, 2.45) is 0 Å². The van der Waals surface area contributed by atoms with E-state index < -0.39 is 11.7 Å². The minimum Gasteiger partial charge on any atom is -0.366 e. The average Bonchev–Trinajstić information content (AvgIpc) is 2.37. The van der Waals surface area contributed by atoms with Crippen molar-refractivity contribution in [3.05, 3.63) is 29.3 Å². The van der Waals surface area contributed by atoms with Crippen molar-refractivity contribution in [2.75, 3.05) is 31.6 Å². The summed E-state index contributed by atoms with van der Waals surface area (Å²) >= 11 is 5.65. The Labute approximate surface area is 122 Å². The maximum atomic E-state index is 13.2. The summed E-state index contributed by atoms with van der Waals surface area (Å²) in [5.74, 6) is 0.0850. The highest BCUT2D eigenvalue weighted by Crippen LogP contribution is 2.38. The topological polar surface area (TPSA) is 6.48 Å². The summed E-state index contributed by atoms with van der Waals surface area (Å²) in [5, 5.41) is 0. The van der Waals surface area contributed by atoms with Crippen molar-refractivity contribution < 1.29 is 13.2 Å². The first kappa shape index (κ1) is 15.4. The number of rotatable bonds is 2. The van der Waals surface area contributed by atoms with E-state index in [-0.39, 0.29) is 17.6 Å². The second-order valence-corrected chi connectivity index (χ2v) is 5.55. The first-order chi connectivity index (χ1) is 9.32. The fourth-order valence-electron chi connectivity index (χ4n) is 2.64. The molecule has 0 radical (unpaired) electrons. The van der Waals surface area contributed by atoms with Gasteiger partial charge in [0.2, 0.25) is 0 Å². The molecule has 0 amide bonds. The highest BCUT2D eigenvalue weighted by atomic mass is 35.5. The first-order valence-electron chi connectivity index (χ1n) is 6.54. The predicted octanol–water partition coefficient (Wildman–Crippen LogP) is 3.58. The first-order valence-corrected chi connectivity index (χ1v) is 7.07. The third-order valence-electron chi connectivity index (χ3n) is 3.66. The van der Waals surface area contributed by atoms with Crippen LogP contribution in [0.5, 0.6) is 0 Å². The zero-order valence-electron chi connectivity index (χ0n) is 11.5. The van der Waals surface area contributed by atoms with E-state index in [1.807, 2.05) is 18.9 Å². The molecule has 6 heteroatoms. The highest BCUT2D eigenvalue weighted by Gasteiger charge is 2.36. The molecule has 1 aromatic carbocycles. The van der Waals surface area contributed by atoms with Crippen LogP contribution in [0.15, 0.2) is 18.2 Å². The van der Waals surface area contributed by atoms with Crippen LogP contribution >= 0.6 is 11.6 Å². The second kappa shape index (κ2) is 5.82. The van der Waals surface area contributed by atoms with Gasteiger partial charge in [-0.05, 0) is 31.7 Å². The maximum Gasteiger partial charge on any atom is 0.418 e. The van der Waals surface area contributed by atoms with Crippen molar-refractivity contribution in [3.8, 4) is 0 Å². The molecule has 1 atom stereocenters. The fourth-order valence-corrected chi connectivity index (χ4v) is 2.81. The Morgan fingerprint density at radius 2 is 2.00 bits per heavy atom. The van der Waals surface area contributed by atoms with Crippen LogP contribution in [0.4, 0.5) is 18.9 Å². The number of nitrogens with zero attached hydrogens (tertiary/aromatic N) is 2. The number of hydrogen-bond donors (Lipinski definition) is 0. The molecule has 2 rings (SSSR count). The third-order valence-corrected chi connectivity index (χ3v) is 3.97. The molecule has 0 saturated carbocycles. The number of alkyl halides is 4. The lowest BCUT2D eigenvalue weighted by atomic mass is 10.0. The SMILES string of the molecule is CC1CN(C)CCN1c1ccc(CCl)cc1C(F)(F)F. The van der Waals surface area contributed by atoms with E-state index in [4.69, 9.17) is 11.6 Å². The average molecular weight is 307 g/mol. The van der Waals surface area contributed by atoms with E-state index in [9.17, 15) is 13.2 Å². The van der Waals surface area contributed by atoms with Crippen LogP contribution in [-0.2, 0) is 12.1 Å². The number of benzene rings is 1. The van der Waals surface area contributed by atoms with Gasteiger partial charge in [-0.15, -0.1) is 11.6 Å². The molecular formula is C14H18ClF3N2. The van der Waals surface area contributed by atoms with Gasteiger partial charge < -0.3 is 9.80 Å². The van der Waals surface area contributed by atoms with Gasteiger partial charge in [0.25, 0.3) is 0 Å². The number of piperazine rings is 1. The summed E-state index contributed by atoms with van der Waals surface area (Å²) < 4.78 is 39.7. The molecule has 0 aliphatic carbocycles. The van der Waals surface area contributed by atoms with Crippen molar-refractivity contribution in [1.29, 1.82) is 0 Å². The Balaban J connectivity index is 2.40. The van der Waals surface area contributed by atoms with Crippen molar-refractivity contribution >= 4 is 17.3 Å². The minimum atomic E-state index is -4.36. The monoisotopic (exact) mass is 306 g/mol. The number of likely N-dealkylation sites (N-methyl/N-ethyl adjacent to an activating group) is 1. The Hall–Kier alpha value is -0.940. The van der Waals surface area contributed by atoms with Crippen LogP contribution in [0, 0.1) is 0 Å². The molecular weight excluding hydrogens is 289 g/mol. The zero-order valence-corrected chi connectivity index (χ0v) is 12.3. The fraction of sp³-hybridized carbons (Fsp3) is 0.571. The van der Waals surface area contributed by atoms with Gasteiger partial charge in [-0.3, -0.25) is 0 Å². The molecule has 1 aliphatic heterocycles. The van der Waals surface area contributed by atoms with Gasteiger partial charge in [0.05, 0.1) is 5.56 Å². The zero-order chi connectivity index (χ0) is 14.9. The van der Waals surface area contributed by atoms with Crippen LogP contribution in [-0.4, -0.2) is 37.6 Å². The summed E-state index contributed by atoms with van der Waals surface area (Å²) in [6, 6.07) is 4.43. The quantitative estimate of drug-likeness (QED) is 0.771. The molecule has 0 bridgehead atoms. The molecule has 1 aromatic rings. The van der Waals surface area contributed by atoms with E-state index in [1.165, 1.54) is 0 Å². The lowest BCUT2D eigenvalue weighted by Crippen LogP contribution is -2.51. The smallest absolute Gasteiger partial charge is 0.366 e. The summed E-state index contributed by atoms with van der Waals surface area (Å²) in [6.07, 6.45) is -4.36. The summed E-state index contributed by atoms with van der Waals surface area (Å²) in [5.41, 5.74) is 0.156. The summed E-state index contributed by atoms with van der Waals surface area (Å²) in [6.45, 7) is 4.07.